The second-order valence-corrected chi connectivity index (χ2v) is 11.5. The Bertz CT molecular complexity index is 1350. The van der Waals surface area contributed by atoms with Crippen molar-refractivity contribution < 1.29 is 22.7 Å². The molecule has 0 unspecified atom stereocenters. The van der Waals surface area contributed by atoms with Gasteiger partial charge in [-0.05, 0) is 74.4 Å². The number of amides is 2. The first-order valence-electron chi connectivity index (χ1n) is 12.6. The number of benzene rings is 3. The van der Waals surface area contributed by atoms with Gasteiger partial charge in [0.1, 0.15) is 18.3 Å². The van der Waals surface area contributed by atoms with Gasteiger partial charge in [-0.3, -0.25) is 13.9 Å². The molecule has 0 spiro atoms. The number of halogens is 1. The van der Waals surface area contributed by atoms with Crippen LogP contribution in [0, 0.1) is 0 Å². The van der Waals surface area contributed by atoms with Crippen LogP contribution in [0.2, 0.25) is 5.02 Å². The molecule has 0 aliphatic heterocycles. The Labute approximate surface area is 235 Å². The molecule has 2 atom stereocenters. The van der Waals surface area contributed by atoms with Crippen LogP contribution in [0.25, 0.3) is 0 Å². The fourth-order valence-corrected chi connectivity index (χ4v) is 5.37. The van der Waals surface area contributed by atoms with Crippen LogP contribution in [0.1, 0.15) is 32.8 Å². The van der Waals surface area contributed by atoms with Crippen LogP contribution < -0.4 is 14.4 Å². The molecule has 0 aromatic heterocycles. The van der Waals surface area contributed by atoms with Crippen molar-refractivity contribution in [2.75, 3.05) is 18.0 Å². The lowest BCUT2D eigenvalue weighted by Crippen LogP contribution is -2.52. The molecule has 208 valence electrons. The number of carbonyl (C=O) groups is 2. The molecule has 0 fully saturated rings. The maximum absolute atomic E-state index is 13.9. The highest BCUT2D eigenvalue weighted by Gasteiger charge is 2.32. The van der Waals surface area contributed by atoms with Gasteiger partial charge in [0.2, 0.25) is 11.8 Å². The van der Waals surface area contributed by atoms with E-state index in [2.05, 4.69) is 5.32 Å². The molecule has 0 saturated carbocycles. The summed E-state index contributed by atoms with van der Waals surface area (Å²) in [6.45, 7) is 5.06. The third-order valence-corrected chi connectivity index (χ3v) is 8.45. The fraction of sp³-hybridized carbons (Fsp3) is 0.310. The Hall–Kier alpha value is -3.56. The summed E-state index contributed by atoms with van der Waals surface area (Å²) < 4.78 is 33.8. The lowest BCUT2D eigenvalue weighted by atomic mass is 10.1. The van der Waals surface area contributed by atoms with E-state index < -0.39 is 28.5 Å². The van der Waals surface area contributed by atoms with E-state index >= 15 is 0 Å². The Balaban J connectivity index is 1.99. The molecular formula is C29H34ClN3O5S. The molecule has 2 amide bonds. The number of nitrogens with zero attached hydrogens (tertiary/aromatic N) is 2. The highest BCUT2D eigenvalue weighted by Crippen LogP contribution is 2.26. The van der Waals surface area contributed by atoms with Crippen molar-refractivity contribution in [1.82, 2.24) is 10.2 Å². The topological polar surface area (TPSA) is 96.0 Å². The fourth-order valence-electron chi connectivity index (χ4n) is 3.83. The molecule has 10 heteroatoms. The maximum atomic E-state index is 13.9. The highest BCUT2D eigenvalue weighted by molar-refractivity contribution is 7.92. The Morgan fingerprint density at radius 1 is 0.949 bits per heavy atom. The molecule has 39 heavy (non-hydrogen) atoms. The van der Waals surface area contributed by atoms with E-state index in [0.717, 1.165) is 16.3 Å². The summed E-state index contributed by atoms with van der Waals surface area (Å²) in [4.78, 5) is 28.3. The number of hydrogen-bond donors (Lipinski definition) is 1. The molecule has 0 aliphatic carbocycles. The lowest BCUT2D eigenvalue weighted by molar-refractivity contribution is -0.139. The normalized spacial score (nSPS) is 12.7. The summed E-state index contributed by atoms with van der Waals surface area (Å²) in [5, 5.41) is 3.46. The number of carbonyl (C=O) groups excluding carboxylic acids is 2. The summed E-state index contributed by atoms with van der Waals surface area (Å²) in [6, 6.07) is 20.4. The molecule has 0 radical (unpaired) electrons. The number of anilines is 1. The van der Waals surface area contributed by atoms with Crippen LogP contribution in [0.3, 0.4) is 0 Å². The van der Waals surface area contributed by atoms with E-state index in [1.807, 2.05) is 13.8 Å². The van der Waals surface area contributed by atoms with E-state index in [4.69, 9.17) is 16.3 Å². The minimum atomic E-state index is -4.14. The van der Waals surface area contributed by atoms with Gasteiger partial charge in [-0.2, -0.15) is 0 Å². The molecule has 0 bridgehead atoms. The van der Waals surface area contributed by atoms with Gasteiger partial charge in [0.25, 0.3) is 10.0 Å². The van der Waals surface area contributed by atoms with E-state index in [9.17, 15) is 18.0 Å². The van der Waals surface area contributed by atoms with Crippen molar-refractivity contribution in [2.24, 2.45) is 0 Å². The molecule has 3 aromatic carbocycles. The molecule has 3 rings (SSSR count). The van der Waals surface area contributed by atoms with Gasteiger partial charge in [-0.25, -0.2) is 8.42 Å². The number of para-hydroxylation sites is 1. The van der Waals surface area contributed by atoms with Crippen molar-refractivity contribution in [3.8, 4) is 5.75 Å². The standard InChI is InChI=1S/C29H34ClN3O5S/c1-5-21(2)31-29(35)22(3)32(19-23-11-13-24(30)14-12-23)28(34)20-33(25-9-7-6-8-10-25)39(36,37)27-17-15-26(38-4)16-18-27/h6-18,21-22H,5,19-20H2,1-4H3,(H,31,35)/t21-,22+/m1/s1. The lowest BCUT2D eigenvalue weighted by Gasteiger charge is -2.32. The molecule has 8 nitrogen and oxygen atoms in total. The number of sulfonamides is 1. The van der Waals surface area contributed by atoms with Gasteiger partial charge in [0, 0.05) is 17.6 Å². The summed E-state index contributed by atoms with van der Waals surface area (Å²) in [5.74, 6) is -0.347. The zero-order valence-electron chi connectivity index (χ0n) is 22.5. The maximum Gasteiger partial charge on any atom is 0.264 e. The minimum Gasteiger partial charge on any atom is -0.497 e. The highest BCUT2D eigenvalue weighted by atomic mass is 35.5. The Kier molecular flexibility index (Phi) is 10.4. The first kappa shape index (κ1) is 30.0. The van der Waals surface area contributed by atoms with Crippen LogP contribution in [-0.2, 0) is 26.2 Å². The Morgan fingerprint density at radius 2 is 1.56 bits per heavy atom. The summed E-state index contributed by atoms with van der Waals surface area (Å²) in [5.41, 5.74) is 1.07. The second-order valence-electron chi connectivity index (χ2n) is 9.16. The number of hydrogen-bond acceptors (Lipinski definition) is 5. The van der Waals surface area contributed by atoms with Crippen LogP contribution in [0.15, 0.2) is 83.8 Å². The van der Waals surface area contributed by atoms with Gasteiger partial charge in [-0.15, -0.1) is 0 Å². The number of nitrogens with one attached hydrogen (secondary N) is 1. The second kappa shape index (κ2) is 13.5. The van der Waals surface area contributed by atoms with Crippen molar-refractivity contribution in [1.29, 1.82) is 0 Å². The van der Waals surface area contributed by atoms with Gasteiger partial charge < -0.3 is 15.0 Å². The molecule has 0 saturated heterocycles. The average molecular weight is 572 g/mol. The number of methoxy groups -OCH3 is 1. The SMILES string of the molecule is CC[C@@H](C)NC(=O)[C@H](C)N(Cc1ccc(Cl)cc1)C(=O)CN(c1ccccc1)S(=O)(=O)c1ccc(OC)cc1. The van der Waals surface area contributed by atoms with E-state index in [-0.39, 0.29) is 23.4 Å². The van der Waals surface area contributed by atoms with Crippen molar-refractivity contribution in [3.05, 3.63) is 89.4 Å². The van der Waals surface area contributed by atoms with Gasteiger partial charge in [0.15, 0.2) is 0 Å². The van der Waals surface area contributed by atoms with Crippen molar-refractivity contribution in [2.45, 2.75) is 50.7 Å². The average Bonchev–Trinajstić information content (AvgIpc) is 2.95. The predicted molar refractivity (Wildman–Crippen MR) is 153 cm³/mol. The first-order chi connectivity index (χ1) is 18.6. The summed E-state index contributed by atoms with van der Waals surface area (Å²) >= 11 is 6.04. The number of rotatable bonds is 12. The summed E-state index contributed by atoms with van der Waals surface area (Å²) in [6.07, 6.45) is 0.728. The molecule has 0 aliphatic rings. The third-order valence-electron chi connectivity index (χ3n) is 6.40. The van der Waals surface area contributed by atoms with Gasteiger partial charge in [-0.1, -0.05) is 48.9 Å². The smallest absolute Gasteiger partial charge is 0.264 e. The van der Waals surface area contributed by atoms with Crippen molar-refractivity contribution in [3.63, 3.8) is 0 Å². The van der Waals surface area contributed by atoms with Crippen LogP contribution in [0.5, 0.6) is 5.75 Å². The predicted octanol–water partition coefficient (Wildman–Crippen LogP) is 4.88. The molecular weight excluding hydrogens is 538 g/mol. The first-order valence-corrected chi connectivity index (χ1v) is 14.4. The Morgan fingerprint density at radius 3 is 2.13 bits per heavy atom. The van der Waals surface area contributed by atoms with Crippen molar-refractivity contribution >= 4 is 39.1 Å². The molecule has 0 heterocycles. The third kappa shape index (κ3) is 7.74. The summed E-state index contributed by atoms with van der Waals surface area (Å²) in [7, 11) is -2.65. The zero-order chi connectivity index (χ0) is 28.6. The van der Waals surface area contributed by atoms with Crippen LogP contribution in [0.4, 0.5) is 5.69 Å². The largest absolute Gasteiger partial charge is 0.497 e. The zero-order valence-corrected chi connectivity index (χ0v) is 24.1. The van der Waals surface area contributed by atoms with Crippen LogP contribution >= 0.6 is 11.6 Å². The molecule has 3 aromatic rings. The van der Waals surface area contributed by atoms with E-state index in [1.165, 1.54) is 24.1 Å². The molecule has 1 N–H and O–H groups in total. The number of ether oxygens (including phenoxy) is 1. The van der Waals surface area contributed by atoms with E-state index in [0.29, 0.717) is 16.5 Å². The monoisotopic (exact) mass is 571 g/mol. The minimum absolute atomic E-state index is 0.00627. The van der Waals surface area contributed by atoms with Gasteiger partial charge in [0.05, 0.1) is 17.7 Å². The quantitative estimate of drug-likeness (QED) is 0.334. The van der Waals surface area contributed by atoms with Gasteiger partial charge >= 0.3 is 0 Å². The van der Waals surface area contributed by atoms with Crippen LogP contribution in [-0.4, -0.2) is 50.9 Å². The van der Waals surface area contributed by atoms with E-state index in [1.54, 1.807) is 73.7 Å².